The summed E-state index contributed by atoms with van der Waals surface area (Å²) in [6.45, 7) is 0.996. The van der Waals surface area contributed by atoms with Gasteiger partial charge in [0.15, 0.2) is 0 Å². The van der Waals surface area contributed by atoms with Crippen LogP contribution in [0, 0.1) is 11.7 Å². The van der Waals surface area contributed by atoms with Gasteiger partial charge in [-0.15, -0.1) is 0 Å². The van der Waals surface area contributed by atoms with E-state index in [1.165, 1.54) is 18.9 Å². The highest BCUT2D eigenvalue weighted by Gasteiger charge is 2.47. The summed E-state index contributed by atoms with van der Waals surface area (Å²) in [5.74, 6) is 0.643. The predicted octanol–water partition coefficient (Wildman–Crippen LogP) is 2.01. The van der Waals surface area contributed by atoms with Crippen molar-refractivity contribution in [2.45, 2.75) is 18.9 Å². The van der Waals surface area contributed by atoms with Gasteiger partial charge in [0.05, 0.1) is 5.69 Å². The van der Waals surface area contributed by atoms with E-state index in [9.17, 15) is 4.39 Å². The fourth-order valence-electron chi connectivity index (χ4n) is 2.45. The lowest BCUT2D eigenvalue weighted by atomic mass is 10.2. The molecule has 2 unspecified atom stereocenters. The number of nitrogens with two attached hydrogens (primary N) is 1. The molecule has 1 aromatic rings. The van der Waals surface area contributed by atoms with Crippen molar-refractivity contribution >= 4 is 11.4 Å². The van der Waals surface area contributed by atoms with Crippen molar-refractivity contribution in [2.75, 3.05) is 17.2 Å². The monoisotopic (exact) mass is 192 g/mol. The lowest BCUT2D eigenvalue weighted by Crippen LogP contribution is -2.23. The zero-order valence-electron chi connectivity index (χ0n) is 7.91. The average Bonchev–Trinajstić information content (AvgIpc) is 2.81. The molecular formula is C11H13FN2. The standard InChI is InChI=1S/C11H13FN2/c12-9-6-8(13)1-2-10(9)14-4-3-7-5-11(7)14/h1-2,6-7,11H,3-5,13H2. The Bertz CT molecular complexity index is 378. The molecule has 14 heavy (non-hydrogen) atoms. The third-order valence-corrected chi connectivity index (χ3v) is 3.31. The van der Waals surface area contributed by atoms with Crippen LogP contribution in [0.1, 0.15) is 12.8 Å². The molecule has 1 aliphatic heterocycles. The summed E-state index contributed by atoms with van der Waals surface area (Å²) in [7, 11) is 0. The number of rotatable bonds is 1. The molecule has 1 aliphatic carbocycles. The molecule has 2 N–H and O–H groups in total. The Morgan fingerprint density at radius 2 is 2.29 bits per heavy atom. The van der Waals surface area contributed by atoms with Gasteiger partial charge >= 0.3 is 0 Å². The van der Waals surface area contributed by atoms with Gasteiger partial charge in [0.2, 0.25) is 0 Å². The lowest BCUT2D eigenvalue weighted by molar-refractivity contribution is 0.620. The van der Waals surface area contributed by atoms with Crippen molar-refractivity contribution < 1.29 is 4.39 Å². The molecule has 0 radical (unpaired) electrons. The van der Waals surface area contributed by atoms with E-state index < -0.39 is 0 Å². The van der Waals surface area contributed by atoms with Crippen LogP contribution < -0.4 is 10.6 Å². The summed E-state index contributed by atoms with van der Waals surface area (Å²) >= 11 is 0. The van der Waals surface area contributed by atoms with Crippen LogP contribution in [0.25, 0.3) is 0 Å². The number of hydrogen-bond donors (Lipinski definition) is 1. The molecule has 0 aromatic heterocycles. The van der Waals surface area contributed by atoms with Gasteiger partial charge in [0, 0.05) is 18.3 Å². The number of benzene rings is 1. The highest BCUT2D eigenvalue weighted by atomic mass is 19.1. The zero-order valence-corrected chi connectivity index (χ0v) is 7.91. The van der Waals surface area contributed by atoms with E-state index in [1.807, 2.05) is 0 Å². The second-order valence-corrected chi connectivity index (χ2v) is 4.26. The molecule has 2 nitrogen and oxygen atoms in total. The quantitative estimate of drug-likeness (QED) is 0.689. The van der Waals surface area contributed by atoms with Gasteiger partial charge in [-0.1, -0.05) is 0 Å². The molecule has 1 saturated heterocycles. The first kappa shape index (κ1) is 8.09. The Hall–Kier alpha value is -1.25. The van der Waals surface area contributed by atoms with E-state index in [2.05, 4.69) is 4.90 Å². The van der Waals surface area contributed by atoms with Crippen molar-refractivity contribution in [1.29, 1.82) is 0 Å². The van der Waals surface area contributed by atoms with E-state index in [4.69, 9.17) is 5.73 Å². The molecule has 0 spiro atoms. The van der Waals surface area contributed by atoms with Crippen LogP contribution in [0.3, 0.4) is 0 Å². The maximum Gasteiger partial charge on any atom is 0.148 e. The van der Waals surface area contributed by atoms with E-state index >= 15 is 0 Å². The van der Waals surface area contributed by atoms with E-state index in [1.54, 1.807) is 12.1 Å². The van der Waals surface area contributed by atoms with Gasteiger partial charge in [-0.25, -0.2) is 4.39 Å². The minimum absolute atomic E-state index is 0.183. The fourth-order valence-corrected chi connectivity index (χ4v) is 2.45. The van der Waals surface area contributed by atoms with Crippen molar-refractivity contribution in [1.82, 2.24) is 0 Å². The number of fused-ring (bicyclic) bond motifs is 1. The Morgan fingerprint density at radius 3 is 2.86 bits per heavy atom. The number of hydrogen-bond acceptors (Lipinski definition) is 2. The molecule has 2 fully saturated rings. The van der Waals surface area contributed by atoms with Crippen molar-refractivity contribution in [2.24, 2.45) is 5.92 Å². The summed E-state index contributed by atoms with van der Waals surface area (Å²) < 4.78 is 13.6. The molecule has 74 valence electrons. The van der Waals surface area contributed by atoms with Crippen LogP contribution in [0.2, 0.25) is 0 Å². The number of nitrogens with zero attached hydrogens (tertiary/aromatic N) is 1. The summed E-state index contributed by atoms with van der Waals surface area (Å²) in [5.41, 5.74) is 6.74. The first-order chi connectivity index (χ1) is 6.75. The highest BCUT2D eigenvalue weighted by molar-refractivity contribution is 5.57. The van der Waals surface area contributed by atoms with Gasteiger partial charge in [-0.3, -0.25) is 0 Å². The fraction of sp³-hybridized carbons (Fsp3) is 0.455. The van der Waals surface area contributed by atoms with Crippen LogP contribution in [0.4, 0.5) is 15.8 Å². The second kappa shape index (κ2) is 2.62. The van der Waals surface area contributed by atoms with Crippen LogP contribution in [-0.2, 0) is 0 Å². The van der Waals surface area contributed by atoms with Crippen molar-refractivity contribution in [3.05, 3.63) is 24.0 Å². The maximum absolute atomic E-state index is 13.6. The summed E-state index contributed by atoms with van der Waals surface area (Å²) in [6, 6.07) is 5.58. The molecule has 1 saturated carbocycles. The number of halogens is 1. The molecule has 0 bridgehead atoms. The van der Waals surface area contributed by atoms with Gasteiger partial charge in [0.25, 0.3) is 0 Å². The third-order valence-electron chi connectivity index (χ3n) is 3.31. The minimum Gasteiger partial charge on any atom is -0.399 e. The number of nitrogen functional groups attached to an aromatic ring is 1. The highest BCUT2D eigenvalue weighted by Crippen LogP contribution is 2.46. The van der Waals surface area contributed by atoms with Gasteiger partial charge in [0.1, 0.15) is 5.82 Å². The summed E-state index contributed by atoms with van der Waals surface area (Å²) in [4.78, 5) is 2.18. The number of anilines is 2. The summed E-state index contributed by atoms with van der Waals surface area (Å²) in [6.07, 6.45) is 2.46. The maximum atomic E-state index is 13.6. The first-order valence-corrected chi connectivity index (χ1v) is 5.07. The first-order valence-electron chi connectivity index (χ1n) is 5.07. The molecule has 3 heteroatoms. The Balaban J connectivity index is 1.95. The zero-order chi connectivity index (χ0) is 9.71. The topological polar surface area (TPSA) is 29.3 Å². The molecule has 3 rings (SSSR count). The molecule has 0 amide bonds. The second-order valence-electron chi connectivity index (χ2n) is 4.26. The van der Waals surface area contributed by atoms with Crippen molar-refractivity contribution in [3.63, 3.8) is 0 Å². The van der Waals surface area contributed by atoms with Gasteiger partial charge in [-0.2, -0.15) is 0 Å². The number of piperidine rings is 1. The lowest BCUT2D eigenvalue weighted by Gasteiger charge is -2.21. The average molecular weight is 192 g/mol. The van der Waals surface area contributed by atoms with E-state index in [0.717, 1.165) is 18.2 Å². The smallest absolute Gasteiger partial charge is 0.148 e. The largest absolute Gasteiger partial charge is 0.399 e. The van der Waals surface area contributed by atoms with Crippen LogP contribution in [-0.4, -0.2) is 12.6 Å². The molecule has 1 heterocycles. The molecule has 1 aromatic carbocycles. The molecular weight excluding hydrogens is 179 g/mol. The molecule has 2 atom stereocenters. The van der Waals surface area contributed by atoms with Gasteiger partial charge in [-0.05, 0) is 37.0 Å². The van der Waals surface area contributed by atoms with Crippen molar-refractivity contribution in [3.8, 4) is 0 Å². The third kappa shape index (κ3) is 1.08. The van der Waals surface area contributed by atoms with E-state index in [-0.39, 0.29) is 5.82 Å². The Kier molecular flexibility index (Phi) is 1.52. The normalized spacial score (nSPS) is 29.1. The minimum atomic E-state index is -0.183. The Morgan fingerprint density at radius 1 is 1.43 bits per heavy atom. The molecule has 2 aliphatic rings. The Labute approximate surface area is 82.5 Å². The van der Waals surface area contributed by atoms with Crippen LogP contribution in [0.15, 0.2) is 18.2 Å². The SMILES string of the molecule is Nc1ccc(N2CCC3CC32)c(F)c1. The van der Waals surface area contributed by atoms with E-state index in [0.29, 0.717) is 11.7 Å². The van der Waals surface area contributed by atoms with Crippen LogP contribution >= 0.6 is 0 Å². The van der Waals surface area contributed by atoms with Crippen LogP contribution in [0.5, 0.6) is 0 Å². The summed E-state index contributed by atoms with van der Waals surface area (Å²) in [5, 5.41) is 0. The van der Waals surface area contributed by atoms with Gasteiger partial charge < -0.3 is 10.6 Å². The predicted molar refractivity (Wildman–Crippen MR) is 54.7 cm³/mol.